The summed E-state index contributed by atoms with van der Waals surface area (Å²) in [4.78, 5) is 9.87. The van der Waals surface area contributed by atoms with Crippen molar-refractivity contribution in [2.24, 2.45) is 0 Å². The summed E-state index contributed by atoms with van der Waals surface area (Å²) in [6.07, 6.45) is -40.8. The van der Waals surface area contributed by atoms with Gasteiger partial charge in [-0.15, -0.1) is 0 Å². The second-order valence-electron chi connectivity index (χ2n) is 7.09. The van der Waals surface area contributed by atoms with E-state index in [0.29, 0.717) is 0 Å². The van der Waals surface area contributed by atoms with E-state index in [4.69, 9.17) is 5.11 Å². The molecule has 252 valence electrons. The fourth-order valence-corrected chi connectivity index (χ4v) is 1.84. The molecule has 0 unspecified atom stereocenters. The Balaban J connectivity index is 6.84. The number of carboxylic acids is 1. The average Bonchev–Trinajstić information content (AvgIpc) is 2.69. The predicted octanol–water partition coefficient (Wildman–Crippen LogP) is 7.48. The molecule has 0 fully saturated rings. The summed E-state index contributed by atoms with van der Waals surface area (Å²) in [7, 11) is 0. The van der Waals surface area contributed by atoms with Gasteiger partial charge in [0.2, 0.25) is 0 Å². The van der Waals surface area contributed by atoms with E-state index in [1.54, 1.807) is 0 Å². The Labute approximate surface area is 208 Å². The van der Waals surface area contributed by atoms with Gasteiger partial charge in [-0.3, -0.25) is 0 Å². The molecule has 0 aliphatic rings. The number of alkyl halides is 25. The van der Waals surface area contributed by atoms with Crippen molar-refractivity contribution in [3.63, 3.8) is 0 Å². The summed E-state index contributed by atoms with van der Waals surface area (Å²) in [5.74, 6) is -66.2. The topological polar surface area (TPSA) is 55.8 Å². The molecule has 0 aromatic carbocycles. The van der Waals surface area contributed by atoms with Crippen molar-refractivity contribution in [2.45, 2.75) is 72.1 Å². The van der Waals surface area contributed by atoms with Gasteiger partial charge < -0.3 is 5.11 Å². The molecule has 1 N–H and O–H groups in total. The Bertz CT molecular complexity index is 1010. The minimum absolute atomic E-state index is 0.884. The zero-order valence-corrected chi connectivity index (χ0v) is 17.6. The number of hydrogen-bond donors (Lipinski definition) is 1. The largest absolute Gasteiger partial charge is 0.477 e. The first-order valence-electron chi connectivity index (χ1n) is 8.47. The molecule has 0 atom stereocenters. The van der Waals surface area contributed by atoms with E-state index in [9.17, 15) is 115 Å². The monoisotopic (exact) mass is 696 g/mol. The van der Waals surface area contributed by atoms with Crippen LogP contribution in [0.2, 0.25) is 0 Å². The number of carbonyl (C=O) groups is 1. The van der Waals surface area contributed by atoms with Crippen molar-refractivity contribution in [2.75, 3.05) is 0 Å². The molecule has 0 saturated carbocycles. The van der Waals surface area contributed by atoms with Crippen molar-refractivity contribution in [3.8, 4) is 0 Å². The lowest BCUT2D eigenvalue weighted by Crippen LogP contribution is -2.75. The van der Waals surface area contributed by atoms with E-state index >= 15 is 0 Å². The van der Waals surface area contributed by atoms with Crippen molar-refractivity contribution in [3.05, 3.63) is 0 Å². The Morgan fingerprint density at radius 3 is 0.857 bits per heavy atom. The minimum Gasteiger partial charge on any atom is -0.477 e. The van der Waals surface area contributed by atoms with E-state index in [1.807, 2.05) is 0 Å². The van der Waals surface area contributed by atoms with Gasteiger partial charge in [-0.05, 0) is 0 Å². The molecule has 0 bridgehead atoms. The van der Waals surface area contributed by atoms with Crippen LogP contribution in [0.1, 0.15) is 0 Å². The first-order valence-corrected chi connectivity index (χ1v) is 8.47. The van der Waals surface area contributed by atoms with Gasteiger partial charge in [0.25, 0.3) is 0 Å². The molecule has 0 radical (unpaired) electrons. The van der Waals surface area contributed by atoms with Gasteiger partial charge in [0.05, 0.1) is 0 Å². The molecule has 0 aliphatic carbocycles. The zero-order chi connectivity index (χ0) is 35.0. The minimum atomic E-state index is -9.39. The summed E-state index contributed by atoms with van der Waals surface area (Å²) in [6.45, 7) is 0. The van der Waals surface area contributed by atoms with Crippen molar-refractivity contribution in [1.82, 2.24) is 0 Å². The van der Waals surface area contributed by atoms with E-state index in [-0.39, 0.29) is 0 Å². The van der Waals surface area contributed by atoms with Crippen LogP contribution in [-0.4, -0.2) is 83.1 Å². The van der Waals surface area contributed by atoms with Gasteiger partial charge in [0, 0.05) is 0 Å². The fourth-order valence-electron chi connectivity index (χ4n) is 1.84. The second-order valence-corrected chi connectivity index (χ2v) is 7.09. The molecule has 0 rings (SSSR count). The first-order chi connectivity index (χ1) is 17.6. The van der Waals surface area contributed by atoms with Crippen molar-refractivity contribution >= 4 is 5.97 Å². The van der Waals surface area contributed by atoms with Gasteiger partial charge in [0.15, 0.2) is 0 Å². The van der Waals surface area contributed by atoms with Crippen LogP contribution >= 0.6 is 0 Å². The molecule has 0 spiro atoms. The number of hydrogen-bond acceptors (Lipinski definition) is 3. The number of aliphatic carboxylic acids is 1. The molecule has 0 aromatic rings. The van der Waals surface area contributed by atoms with Crippen molar-refractivity contribution in [1.29, 1.82) is 0 Å². The molecule has 0 saturated heterocycles. The maximum Gasteiger partial charge on any atom is 0.460 e. The predicted molar refractivity (Wildman–Crippen MR) is 70.3 cm³/mol. The molecule has 0 aliphatic heterocycles. The van der Waals surface area contributed by atoms with Crippen LogP contribution in [0.3, 0.4) is 0 Å². The average molecular weight is 696 g/mol. The van der Waals surface area contributed by atoms with Crippen LogP contribution in [-0.2, 0) is 14.3 Å². The van der Waals surface area contributed by atoms with E-state index < -0.39 is 78.0 Å². The van der Waals surface area contributed by atoms with Crippen LogP contribution in [0.4, 0.5) is 110 Å². The first kappa shape index (κ1) is 39.6. The highest BCUT2D eigenvalue weighted by Crippen LogP contribution is 2.64. The lowest BCUT2D eigenvalue weighted by Gasteiger charge is -2.43. The molecular formula is C13HF25O4. The lowest BCUT2D eigenvalue weighted by atomic mass is 9.90. The molecule has 42 heavy (non-hydrogen) atoms. The second kappa shape index (κ2) is 9.83. The van der Waals surface area contributed by atoms with Crippen LogP contribution in [0.5, 0.6) is 0 Å². The smallest absolute Gasteiger partial charge is 0.460 e. The maximum atomic E-state index is 13.4. The molecule has 29 heteroatoms. The third-order valence-electron chi connectivity index (χ3n) is 4.18. The van der Waals surface area contributed by atoms with Gasteiger partial charge in [-0.2, -0.15) is 110 Å². The summed E-state index contributed by atoms with van der Waals surface area (Å²) >= 11 is 0. The zero-order valence-electron chi connectivity index (χ0n) is 17.6. The van der Waals surface area contributed by atoms with Crippen LogP contribution in [0.15, 0.2) is 0 Å². The van der Waals surface area contributed by atoms with Crippen LogP contribution in [0.25, 0.3) is 0 Å². The highest BCUT2D eigenvalue weighted by atomic mass is 19.4. The summed E-state index contributed by atoms with van der Waals surface area (Å²) < 4.78 is 326. The van der Waals surface area contributed by atoms with Crippen LogP contribution < -0.4 is 0 Å². The number of rotatable bonds is 13. The van der Waals surface area contributed by atoms with Crippen molar-refractivity contribution < 1.29 is 129 Å². The third-order valence-corrected chi connectivity index (χ3v) is 4.18. The maximum absolute atomic E-state index is 13.4. The summed E-state index contributed by atoms with van der Waals surface area (Å²) in [6, 6.07) is 0. The third kappa shape index (κ3) is 5.41. The molecule has 4 nitrogen and oxygen atoms in total. The van der Waals surface area contributed by atoms with E-state index in [0.717, 1.165) is 4.74 Å². The normalized spacial score (nSPS) is 16.6. The standard InChI is InChI=1S/C13HF25O4/c14-2(15,1(39)40)10(31,32)41-12(35,36)13(37,38)42-11(33,34)8(26,27)6(22,23)4(18,19)3(16,17)5(20,21)7(24,25)9(28,29)30/h(H,39,40). The Kier molecular flexibility index (Phi) is 9.27. The van der Waals surface area contributed by atoms with Gasteiger partial charge >= 0.3 is 78.0 Å². The molecule has 0 amide bonds. The molecule has 0 aromatic heterocycles. The summed E-state index contributed by atoms with van der Waals surface area (Å²) in [5.41, 5.74) is 0. The number of halogens is 25. The highest BCUT2D eigenvalue weighted by molar-refractivity contribution is 5.76. The number of ether oxygens (including phenoxy) is 2. The summed E-state index contributed by atoms with van der Waals surface area (Å²) in [5, 5.41) is 7.68. The van der Waals surface area contributed by atoms with Gasteiger partial charge in [0.1, 0.15) is 0 Å². The van der Waals surface area contributed by atoms with Gasteiger partial charge in [-0.25, -0.2) is 14.3 Å². The highest BCUT2D eigenvalue weighted by Gasteiger charge is 2.96. The Morgan fingerprint density at radius 2 is 0.595 bits per heavy atom. The van der Waals surface area contributed by atoms with Crippen LogP contribution in [0, 0.1) is 0 Å². The lowest BCUT2D eigenvalue weighted by molar-refractivity contribution is -0.550. The molecule has 0 heterocycles. The Morgan fingerprint density at radius 1 is 0.357 bits per heavy atom. The molecular weight excluding hydrogens is 695 g/mol. The SMILES string of the molecule is O=C(O)C(F)(F)C(F)(F)OC(F)(F)C(F)(F)OC(F)(F)C(F)(F)C(F)(F)C(F)(F)C(F)(F)C(F)(F)C(F)(F)C(F)(F)F. The fraction of sp³-hybridized carbons (Fsp3) is 0.923. The van der Waals surface area contributed by atoms with Gasteiger partial charge in [-0.1, -0.05) is 0 Å². The van der Waals surface area contributed by atoms with E-state index in [2.05, 4.69) is 0 Å². The number of carboxylic acid groups (broad SMARTS) is 1. The quantitative estimate of drug-likeness (QED) is 0.203. The Hall–Kier alpha value is -2.36. The van der Waals surface area contributed by atoms with E-state index in [1.165, 1.54) is 4.74 Å².